The van der Waals surface area contributed by atoms with Crippen LogP contribution < -0.4 is 24.4 Å². The summed E-state index contributed by atoms with van der Waals surface area (Å²) in [7, 11) is 4.62. The molecule has 1 amide bonds. The van der Waals surface area contributed by atoms with Gasteiger partial charge < -0.3 is 18.9 Å². The second-order valence-corrected chi connectivity index (χ2v) is 6.39. The Morgan fingerprint density at radius 1 is 0.839 bits per heavy atom. The number of hydrogen-bond acceptors (Lipinski definition) is 6. The zero-order valence-electron chi connectivity index (χ0n) is 17.6. The smallest absolute Gasteiger partial charge is 0.277 e. The zero-order valence-corrected chi connectivity index (χ0v) is 17.6. The van der Waals surface area contributed by atoms with Crippen LogP contribution in [0.3, 0.4) is 0 Å². The molecule has 0 aliphatic carbocycles. The second kappa shape index (κ2) is 10.7. The number of para-hydroxylation sites is 1. The number of carbonyl (C=O) groups excluding carboxylic acids is 1. The minimum absolute atomic E-state index is 0.176. The summed E-state index contributed by atoms with van der Waals surface area (Å²) >= 11 is 0. The Balaban J connectivity index is 1.64. The summed E-state index contributed by atoms with van der Waals surface area (Å²) in [4.78, 5) is 12.2. The molecule has 0 aliphatic rings. The molecule has 0 radical (unpaired) electrons. The molecule has 0 saturated carbocycles. The van der Waals surface area contributed by atoms with E-state index in [0.29, 0.717) is 28.6 Å². The van der Waals surface area contributed by atoms with E-state index >= 15 is 0 Å². The molecule has 3 aromatic carbocycles. The average Bonchev–Trinajstić information content (AvgIpc) is 2.83. The highest BCUT2D eigenvalue weighted by molar-refractivity contribution is 5.87. The standard InChI is InChI=1S/C24H24N2O5/c1-28-21-14-23(30-3)22(29-2)13-18(21)15-25-26-24(27)16-31-20-12-8-7-11-19(20)17-9-5-4-6-10-17/h4-15H,16H2,1-3H3,(H,26,27)/b25-15-. The quantitative estimate of drug-likeness (QED) is 0.420. The van der Waals surface area contributed by atoms with Gasteiger partial charge in [-0.1, -0.05) is 48.5 Å². The molecule has 0 atom stereocenters. The summed E-state index contributed by atoms with van der Waals surface area (Å²) in [5, 5.41) is 3.99. The third-order valence-electron chi connectivity index (χ3n) is 4.46. The number of hydrazone groups is 1. The van der Waals surface area contributed by atoms with Crippen LogP contribution in [-0.2, 0) is 4.79 Å². The second-order valence-electron chi connectivity index (χ2n) is 6.39. The van der Waals surface area contributed by atoms with E-state index in [2.05, 4.69) is 10.5 Å². The van der Waals surface area contributed by atoms with Gasteiger partial charge in [0.05, 0.1) is 27.5 Å². The van der Waals surface area contributed by atoms with Gasteiger partial charge >= 0.3 is 0 Å². The molecule has 0 bridgehead atoms. The normalized spacial score (nSPS) is 10.5. The van der Waals surface area contributed by atoms with E-state index in [1.807, 2.05) is 54.6 Å². The maximum atomic E-state index is 12.2. The maximum absolute atomic E-state index is 12.2. The van der Waals surface area contributed by atoms with Gasteiger partial charge in [-0.05, 0) is 17.7 Å². The number of hydrogen-bond donors (Lipinski definition) is 1. The van der Waals surface area contributed by atoms with Crippen molar-refractivity contribution in [3.63, 3.8) is 0 Å². The Hall–Kier alpha value is -4.00. The molecule has 3 aromatic rings. The fourth-order valence-electron chi connectivity index (χ4n) is 2.95. The Bertz CT molecular complexity index is 1050. The monoisotopic (exact) mass is 420 g/mol. The molecule has 0 saturated heterocycles. The van der Waals surface area contributed by atoms with Gasteiger partial charge in [-0.3, -0.25) is 4.79 Å². The number of methoxy groups -OCH3 is 3. The SMILES string of the molecule is COc1cc(OC)c(OC)cc1/C=N\NC(=O)COc1ccccc1-c1ccccc1. The van der Waals surface area contributed by atoms with Crippen LogP contribution in [0.15, 0.2) is 71.8 Å². The van der Waals surface area contributed by atoms with Crippen LogP contribution in [0.25, 0.3) is 11.1 Å². The lowest BCUT2D eigenvalue weighted by molar-refractivity contribution is -0.123. The van der Waals surface area contributed by atoms with E-state index in [1.54, 1.807) is 19.2 Å². The molecule has 0 fully saturated rings. The third kappa shape index (κ3) is 5.54. The van der Waals surface area contributed by atoms with Crippen LogP contribution in [0.2, 0.25) is 0 Å². The van der Waals surface area contributed by atoms with Crippen molar-refractivity contribution < 1.29 is 23.7 Å². The van der Waals surface area contributed by atoms with Crippen molar-refractivity contribution in [2.24, 2.45) is 5.10 Å². The molecule has 0 spiro atoms. The first-order chi connectivity index (χ1) is 15.2. The number of nitrogens with one attached hydrogen (secondary N) is 1. The van der Waals surface area contributed by atoms with Crippen molar-refractivity contribution in [3.05, 3.63) is 72.3 Å². The predicted octanol–water partition coefficient (Wildman–Crippen LogP) is 3.91. The van der Waals surface area contributed by atoms with Gasteiger partial charge in [0.15, 0.2) is 18.1 Å². The largest absolute Gasteiger partial charge is 0.496 e. The fourth-order valence-corrected chi connectivity index (χ4v) is 2.95. The lowest BCUT2D eigenvalue weighted by Crippen LogP contribution is -2.24. The molecule has 7 nitrogen and oxygen atoms in total. The number of benzene rings is 3. The van der Waals surface area contributed by atoms with Crippen molar-refractivity contribution >= 4 is 12.1 Å². The van der Waals surface area contributed by atoms with Crippen molar-refractivity contribution in [1.29, 1.82) is 0 Å². The lowest BCUT2D eigenvalue weighted by atomic mass is 10.1. The first kappa shape index (κ1) is 21.7. The van der Waals surface area contributed by atoms with Crippen LogP contribution in [-0.4, -0.2) is 40.1 Å². The molecule has 7 heteroatoms. The van der Waals surface area contributed by atoms with Gasteiger partial charge in [0, 0.05) is 17.2 Å². The summed E-state index contributed by atoms with van der Waals surface area (Å²) in [6, 6.07) is 20.8. The maximum Gasteiger partial charge on any atom is 0.277 e. The van der Waals surface area contributed by atoms with E-state index < -0.39 is 5.91 Å². The van der Waals surface area contributed by atoms with Crippen molar-refractivity contribution in [1.82, 2.24) is 5.43 Å². The Labute approximate surface area is 181 Å². The Morgan fingerprint density at radius 2 is 1.48 bits per heavy atom. The van der Waals surface area contributed by atoms with Gasteiger partial charge in [-0.25, -0.2) is 5.43 Å². The molecule has 3 rings (SSSR count). The summed E-state index contributed by atoms with van der Waals surface area (Å²) in [6.45, 7) is -0.176. The van der Waals surface area contributed by atoms with Crippen LogP contribution in [0.4, 0.5) is 0 Å². The summed E-state index contributed by atoms with van der Waals surface area (Å²) in [5.74, 6) is 1.82. The molecule has 0 aromatic heterocycles. The van der Waals surface area contributed by atoms with Crippen molar-refractivity contribution in [2.45, 2.75) is 0 Å². The van der Waals surface area contributed by atoms with Gasteiger partial charge in [0.1, 0.15) is 11.5 Å². The Morgan fingerprint density at radius 3 is 2.19 bits per heavy atom. The number of carbonyl (C=O) groups is 1. The van der Waals surface area contributed by atoms with E-state index in [0.717, 1.165) is 11.1 Å². The molecule has 1 N–H and O–H groups in total. The number of ether oxygens (including phenoxy) is 4. The number of rotatable bonds is 9. The molecule has 0 heterocycles. The Kier molecular flexibility index (Phi) is 7.48. The van der Waals surface area contributed by atoms with E-state index in [-0.39, 0.29) is 6.61 Å². The van der Waals surface area contributed by atoms with Crippen LogP contribution in [0, 0.1) is 0 Å². The van der Waals surface area contributed by atoms with Gasteiger partial charge in [-0.2, -0.15) is 5.10 Å². The topological polar surface area (TPSA) is 78.4 Å². The van der Waals surface area contributed by atoms with Crippen LogP contribution in [0.5, 0.6) is 23.0 Å². The first-order valence-electron chi connectivity index (χ1n) is 9.55. The molecule has 0 unspecified atom stereocenters. The first-order valence-corrected chi connectivity index (χ1v) is 9.55. The van der Waals surface area contributed by atoms with Crippen LogP contribution in [0.1, 0.15) is 5.56 Å². The average molecular weight is 420 g/mol. The zero-order chi connectivity index (χ0) is 22.1. The van der Waals surface area contributed by atoms with E-state index in [9.17, 15) is 4.79 Å². The summed E-state index contributed by atoms with van der Waals surface area (Å²) in [5.41, 5.74) is 5.00. The third-order valence-corrected chi connectivity index (χ3v) is 4.46. The molecule has 0 aliphatic heterocycles. The summed E-state index contributed by atoms with van der Waals surface area (Å²) in [6.07, 6.45) is 1.47. The fraction of sp³-hybridized carbons (Fsp3) is 0.167. The van der Waals surface area contributed by atoms with Gasteiger partial charge in [-0.15, -0.1) is 0 Å². The molecular weight excluding hydrogens is 396 g/mol. The minimum Gasteiger partial charge on any atom is -0.496 e. The lowest BCUT2D eigenvalue weighted by Gasteiger charge is -2.12. The van der Waals surface area contributed by atoms with E-state index in [1.165, 1.54) is 20.4 Å². The molecule has 160 valence electrons. The highest BCUT2D eigenvalue weighted by atomic mass is 16.5. The highest BCUT2D eigenvalue weighted by Gasteiger charge is 2.11. The molecular formula is C24H24N2O5. The molecule has 31 heavy (non-hydrogen) atoms. The number of nitrogens with zero attached hydrogens (tertiary/aromatic N) is 1. The van der Waals surface area contributed by atoms with Crippen molar-refractivity contribution in [3.8, 4) is 34.1 Å². The van der Waals surface area contributed by atoms with Crippen LogP contribution >= 0.6 is 0 Å². The number of amides is 1. The predicted molar refractivity (Wildman–Crippen MR) is 119 cm³/mol. The minimum atomic E-state index is -0.390. The van der Waals surface area contributed by atoms with Gasteiger partial charge in [0.25, 0.3) is 5.91 Å². The van der Waals surface area contributed by atoms with Gasteiger partial charge in [0.2, 0.25) is 0 Å². The van der Waals surface area contributed by atoms with Crippen molar-refractivity contribution in [2.75, 3.05) is 27.9 Å². The highest BCUT2D eigenvalue weighted by Crippen LogP contribution is 2.33. The summed E-state index contributed by atoms with van der Waals surface area (Å²) < 4.78 is 21.6. The van der Waals surface area contributed by atoms with E-state index in [4.69, 9.17) is 18.9 Å².